The molecule has 2 rings (SSSR count). The maximum atomic E-state index is 5.90. The molecule has 0 atom stereocenters. The van der Waals surface area contributed by atoms with Crippen LogP contribution in [-0.2, 0) is 5.75 Å². The van der Waals surface area contributed by atoms with Crippen LogP contribution in [0.25, 0.3) is 10.8 Å². The monoisotopic (exact) mass is 241 g/mol. The molecule has 2 heterocycles. The quantitative estimate of drug-likeness (QED) is 0.894. The average molecular weight is 241 g/mol. The van der Waals surface area contributed by atoms with Crippen LogP contribution in [-0.4, -0.2) is 16.4 Å². The molecule has 0 saturated carbocycles. The van der Waals surface area contributed by atoms with Gasteiger partial charge >= 0.3 is 0 Å². The van der Waals surface area contributed by atoms with Gasteiger partial charge in [-0.05, 0) is 24.1 Å². The third-order valence-electron chi connectivity index (χ3n) is 1.96. The first kappa shape index (κ1) is 10.5. The van der Waals surface area contributed by atoms with Gasteiger partial charge in [0.25, 0.3) is 5.89 Å². The molecule has 15 heavy (non-hydrogen) atoms. The Morgan fingerprint density at radius 2 is 2.40 bits per heavy atom. The van der Waals surface area contributed by atoms with Crippen molar-refractivity contribution in [2.24, 2.45) is 0 Å². The zero-order chi connectivity index (χ0) is 10.8. The van der Waals surface area contributed by atoms with Crippen LogP contribution < -0.4 is 5.73 Å². The molecule has 0 aliphatic heterocycles. The van der Waals surface area contributed by atoms with Crippen molar-refractivity contribution < 1.29 is 4.52 Å². The molecule has 0 aliphatic carbocycles. The molecule has 0 bridgehead atoms. The van der Waals surface area contributed by atoms with E-state index in [9.17, 15) is 0 Å². The summed E-state index contributed by atoms with van der Waals surface area (Å²) in [5, 5.41) is 5.87. The zero-order valence-electron chi connectivity index (χ0n) is 8.48. The maximum Gasteiger partial charge on any atom is 0.270 e. The standard InChI is InChI=1S/C9H11N3OS2/c1-5-3-15-8(7(5)10)9-11-6(4-14-2)12-13-9/h3H,4,10H2,1-2H3. The lowest BCUT2D eigenvalue weighted by atomic mass is 10.3. The summed E-state index contributed by atoms with van der Waals surface area (Å²) in [5.74, 6) is 1.99. The van der Waals surface area contributed by atoms with Gasteiger partial charge in [-0.25, -0.2) is 0 Å². The highest BCUT2D eigenvalue weighted by atomic mass is 32.2. The molecule has 2 N–H and O–H groups in total. The fraction of sp³-hybridized carbons (Fsp3) is 0.333. The first-order valence-electron chi connectivity index (χ1n) is 4.38. The van der Waals surface area contributed by atoms with E-state index in [4.69, 9.17) is 10.3 Å². The van der Waals surface area contributed by atoms with Crippen molar-refractivity contribution in [2.45, 2.75) is 12.7 Å². The van der Waals surface area contributed by atoms with Crippen molar-refractivity contribution in [1.29, 1.82) is 0 Å². The summed E-state index contributed by atoms with van der Waals surface area (Å²) in [7, 11) is 0. The van der Waals surface area contributed by atoms with E-state index in [0.29, 0.717) is 11.7 Å². The fourth-order valence-electron chi connectivity index (χ4n) is 1.15. The van der Waals surface area contributed by atoms with Gasteiger partial charge in [-0.1, -0.05) is 5.16 Å². The molecule has 0 aromatic carbocycles. The highest BCUT2D eigenvalue weighted by Gasteiger charge is 2.14. The minimum atomic E-state index is 0.523. The van der Waals surface area contributed by atoms with Crippen LogP contribution in [0.1, 0.15) is 11.4 Å². The third-order valence-corrected chi connectivity index (χ3v) is 3.61. The SMILES string of the molecule is CSCc1noc(-c2scc(C)c2N)n1. The number of aryl methyl sites for hydroxylation is 1. The van der Waals surface area contributed by atoms with E-state index in [1.54, 1.807) is 11.8 Å². The number of thiophene rings is 1. The number of aromatic nitrogens is 2. The summed E-state index contributed by atoms with van der Waals surface area (Å²) in [6.07, 6.45) is 2.00. The number of hydrogen-bond donors (Lipinski definition) is 1. The van der Waals surface area contributed by atoms with Crippen molar-refractivity contribution in [2.75, 3.05) is 12.0 Å². The molecule has 0 spiro atoms. The van der Waals surface area contributed by atoms with E-state index >= 15 is 0 Å². The lowest BCUT2D eigenvalue weighted by Gasteiger charge is -1.91. The molecule has 4 nitrogen and oxygen atoms in total. The second-order valence-corrected chi connectivity index (χ2v) is 4.86. The molecule has 6 heteroatoms. The van der Waals surface area contributed by atoms with Crippen LogP contribution >= 0.6 is 23.1 Å². The Bertz CT molecular complexity index is 464. The second-order valence-electron chi connectivity index (χ2n) is 3.11. The normalized spacial score (nSPS) is 10.8. The van der Waals surface area contributed by atoms with Gasteiger partial charge in [-0.3, -0.25) is 0 Å². The summed E-state index contributed by atoms with van der Waals surface area (Å²) in [6, 6.07) is 0. The number of nitrogen functional groups attached to an aromatic ring is 1. The summed E-state index contributed by atoms with van der Waals surface area (Å²) in [6.45, 7) is 1.97. The van der Waals surface area contributed by atoms with Crippen LogP contribution in [0.3, 0.4) is 0 Å². The van der Waals surface area contributed by atoms with E-state index in [1.807, 2.05) is 18.6 Å². The molecular formula is C9H11N3OS2. The topological polar surface area (TPSA) is 64.9 Å². The van der Waals surface area contributed by atoms with Crippen LogP contribution in [0.2, 0.25) is 0 Å². The molecule has 2 aromatic rings. The van der Waals surface area contributed by atoms with Gasteiger partial charge in [-0.15, -0.1) is 11.3 Å². The average Bonchev–Trinajstić information content (AvgIpc) is 2.77. The molecule has 0 aliphatic rings. The summed E-state index contributed by atoms with van der Waals surface area (Å²) >= 11 is 3.19. The molecule has 0 fully saturated rings. The molecule has 0 radical (unpaired) electrons. The smallest absolute Gasteiger partial charge is 0.270 e. The number of rotatable bonds is 3. The van der Waals surface area contributed by atoms with E-state index < -0.39 is 0 Å². The van der Waals surface area contributed by atoms with Crippen molar-refractivity contribution in [3.8, 4) is 10.8 Å². The molecule has 0 amide bonds. The van der Waals surface area contributed by atoms with Crippen molar-refractivity contribution >= 4 is 28.8 Å². The third kappa shape index (κ3) is 2.00. The predicted molar refractivity (Wildman–Crippen MR) is 64.0 cm³/mol. The molecule has 0 unspecified atom stereocenters. The summed E-state index contributed by atoms with van der Waals surface area (Å²) in [5.41, 5.74) is 7.69. The van der Waals surface area contributed by atoms with Crippen LogP contribution in [0.5, 0.6) is 0 Å². The first-order valence-corrected chi connectivity index (χ1v) is 6.65. The van der Waals surface area contributed by atoms with E-state index in [-0.39, 0.29) is 0 Å². The van der Waals surface area contributed by atoms with Crippen molar-refractivity contribution in [3.63, 3.8) is 0 Å². The van der Waals surface area contributed by atoms with Gasteiger partial charge in [0.2, 0.25) is 0 Å². The van der Waals surface area contributed by atoms with E-state index in [0.717, 1.165) is 21.9 Å². The first-order chi connectivity index (χ1) is 7.22. The number of hydrogen-bond acceptors (Lipinski definition) is 6. The predicted octanol–water partition coefficient (Wildman–Crippen LogP) is 2.55. The Balaban J connectivity index is 2.33. The maximum absolute atomic E-state index is 5.90. The van der Waals surface area contributed by atoms with Crippen molar-refractivity contribution in [1.82, 2.24) is 10.1 Å². The highest BCUT2D eigenvalue weighted by molar-refractivity contribution is 7.97. The van der Waals surface area contributed by atoms with Crippen LogP contribution in [0.4, 0.5) is 5.69 Å². The lowest BCUT2D eigenvalue weighted by molar-refractivity contribution is 0.426. The van der Waals surface area contributed by atoms with Gasteiger partial charge < -0.3 is 10.3 Å². The number of nitrogens with two attached hydrogens (primary N) is 1. The van der Waals surface area contributed by atoms with Crippen LogP contribution in [0, 0.1) is 6.92 Å². The fourth-order valence-corrected chi connectivity index (χ4v) is 2.42. The Morgan fingerprint density at radius 1 is 1.60 bits per heavy atom. The minimum Gasteiger partial charge on any atom is -0.397 e. The van der Waals surface area contributed by atoms with Gasteiger partial charge in [-0.2, -0.15) is 16.7 Å². The van der Waals surface area contributed by atoms with Gasteiger partial charge in [0.15, 0.2) is 5.82 Å². The summed E-state index contributed by atoms with van der Waals surface area (Å²) < 4.78 is 5.15. The Kier molecular flexibility index (Phi) is 2.97. The molecular weight excluding hydrogens is 230 g/mol. The Labute approximate surface area is 95.9 Å². The molecule has 80 valence electrons. The van der Waals surface area contributed by atoms with Gasteiger partial charge in [0.1, 0.15) is 4.88 Å². The largest absolute Gasteiger partial charge is 0.397 e. The Morgan fingerprint density at radius 3 is 3.00 bits per heavy atom. The van der Waals surface area contributed by atoms with Crippen LogP contribution in [0.15, 0.2) is 9.90 Å². The van der Waals surface area contributed by atoms with E-state index in [2.05, 4.69) is 10.1 Å². The zero-order valence-corrected chi connectivity index (χ0v) is 10.1. The van der Waals surface area contributed by atoms with Gasteiger partial charge in [0, 0.05) is 0 Å². The summed E-state index contributed by atoms with van der Waals surface area (Å²) in [4.78, 5) is 5.14. The minimum absolute atomic E-state index is 0.523. The number of anilines is 1. The number of thioether (sulfide) groups is 1. The highest BCUT2D eigenvalue weighted by Crippen LogP contribution is 2.33. The molecule has 0 saturated heterocycles. The second kappa shape index (κ2) is 4.24. The molecule has 2 aromatic heterocycles. The number of nitrogens with zero attached hydrogens (tertiary/aromatic N) is 2. The van der Waals surface area contributed by atoms with Crippen molar-refractivity contribution in [3.05, 3.63) is 16.8 Å². The van der Waals surface area contributed by atoms with Gasteiger partial charge in [0.05, 0.1) is 11.4 Å². The lowest BCUT2D eigenvalue weighted by Crippen LogP contribution is -1.87. The Hall–Kier alpha value is -1.01. The van der Waals surface area contributed by atoms with E-state index in [1.165, 1.54) is 11.3 Å².